The summed E-state index contributed by atoms with van der Waals surface area (Å²) in [6, 6.07) is 20.6. The SMILES string of the molecule is CCC1(C[C@H](N=C=O)c2ncc(-c3ccc4c(c3)C3(COC3)c3cc(-c5ccc6c(c5)nc([C@@H]5CCCN5C(=O)OC(C)(C)C)n6COCC[Si](C)(C)C)ccc3-4)[nH]2)CC1. The van der Waals surface area contributed by atoms with E-state index in [4.69, 9.17) is 24.2 Å². The number of hydrogen-bond donors (Lipinski definition) is 1. The number of aromatic amines is 1. The van der Waals surface area contributed by atoms with E-state index in [0.29, 0.717) is 33.1 Å². The number of benzene rings is 3. The van der Waals surface area contributed by atoms with Crippen molar-refractivity contribution >= 4 is 31.3 Å². The zero-order valence-corrected chi connectivity index (χ0v) is 37.2. The highest BCUT2D eigenvalue weighted by atomic mass is 28.3. The van der Waals surface area contributed by atoms with E-state index in [1.807, 2.05) is 31.9 Å². The van der Waals surface area contributed by atoms with Gasteiger partial charge in [-0.1, -0.05) is 63.3 Å². The Hall–Kier alpha value is -4.87. The Morgan fingerprint density at radius 2 is 1.73 bits per heavy atom. The highest BCUT2D eigenvalue weighted by Crippen LogP contribution is 2.56. The van der Waals surface area contributed by atoms with Gasteiger partial charge >= 0.3 is 6.09 Å². The molecular formula is C48H58N6O5Si. The van der Waals surface area contributed by atoms with Crippen LogP contribution in [-0.2, 0) is 31.2 Å². The number of hydrogen-bond acceptors (Lipinski definition) is 8. The van der Waals surface area contributed by atoms with Crippen LogP contribution in [0.4, 0.5) is 4.79 Å². The summed E-state index contributed by atoms with van der Waals surface area (Å²) in [5, 5.41) is 0. The van der Waals surface area contributed by atoms with Crippen molar-refractivity contribution in [3.05, 3.63) is 83.6 Å². The lowest BCUT2D eigenvalue weighted by atomic mass is 9.75. The lowest BCUT2D eigenvalue weighted by Gasteiger charge is -2.40. The van der Waals surface area contributed by atoms with E-state index >= 15 is 0 Å². The fourth-order valence-corrected chi connectivity index (χ4v) is 10.3. The normalized spacial score (nSPS) is 19.2. The van der Waals surface area contributed by atoms with Crippen molar-refractivity contribution in [3.8, 4) is 33.5 Å². The highest BCUT2D eigenvalue weighted by molar-refractivity contribution is 6.76. The number of isocyanates is 1. The lowest BCUT2D eigenvalue weighted by molar-refractivity contribution is -0.0357. The quantitative estimate of drug-likeness (QED) is 0.0542. The minimum absolute atomic E-state index is 0.200. The number of carbonyl (C=O) groups is 1. The van der Waals surface area contributed by atoms with Gasteiger partial charge in [-0.25, -0.2) is 19.6 Å². The average molecular weight is 827 g/mol. The Kier molecular flexibility index (Phi) is 10.3. The van der Waals surface area contributed by atoms with Gasteiger partial charge < -0.3 is 23.8 Å². The molecule has 60 heavy (non-hydrogen) atoms. The first-order valence-corrected chi connectivity index (χ1v) is 25.5. The molecule has 2 saturated heterocycles. The van der Waals surface area contributed by atoms with E-state index in [2.05, 4.69) is 95.7 Å². The number of imidazole rings is 2. The molecule has 0 bridgehead atoms. The Balaban J connectivity index is 1.02. The van der Waals surface area contributed by atoms with Gasteiger partial charge in [-0.05, 0) is 128 Å². The third-order valence-corrected chi connectivity index (χ3v) is 15.0. The molecule has 2 aliphatic carbocycles. The molecule has 12 heteroatoms. The van der Waals surface area contributed by atoms with Crippen molar-refractivity contribution in [2.24, 2.45) is 10.4 Å². The fourth-order valence-electron chi connectivity index (χ4n) is 9.49. The molecule has 3 aromatic carbocycles. The molecule has 1 saturated carbocycles. The largest absolute Gasteiger partial charge is 0.444 e. The Morgan fingerprint density at radius 1 is 1.03 bits per heavy atom. The van der Waals surface area contributed by atoms with Crippen LogP contribution in [0, 0.1) is 5.41 Å². The van der Waals surface area contributed by atoms with Crippen LogP contribution in [0.25, 0.3) is 44.5 Å². The molecule has 3 fully saturated rings. The fraction of sp³-hybridized carbons (Fsp3) is 0.500. The third kappa shape index (κ3) is 7.57. The van der Waals surface area contributed by atoms with Crippen LogP contribution in [0.3, 0.4) is 0 Å². The van der Waals surface area contributed by atoms with E-state index in [0.717, 1.165) is 76.8 Å². The number of nitrogens with one attached hydrogen (secondary N) is 1. The number of likely N-dealkylation sites (tertiary alicyclic amines) is 1. The van der Waals surface area contributed by atoms with Crippen LogP contribution < -0.4 is 0 Å². The molecule has 1 spiro atoms. The molecule has 9 rings (SSSR count). The van der Waals surface area contributed by atoms with Crippen LogP contribution >= 0.6 is 0 Å². The number of rotatable bonds is 13. The minimum atomic E-state index is -1.28. The van der Waals surface area contributed by atoms with Crippen LogP contribution in [0.2, 0.25) is 25.7 Å². The molecule has 314 valence electrons. The van der Waals surface area contributed by atoms with E-state index in [1.54, 1.807) is 6.08 Å². The van der Waals surface area contributed by atoms with Crippen molar-refractivity contribution < 1.29 is 23.8 Å². The van der Waals surface area contributed by atoms with Gasteiger partial charge in [0.15, 0.2) is 0 Å². The number of carbonyl (C=O) groups excluding carboxylic acids is 2. The Bertz CT molecular complexity index is 2500. The number of amides is 1. The summed E-state index contributed by atoms with van der Waals surface area (Å²) < 4.78 is 20.4. The maximum atomic E-state index is 13.4. The van der Waals surface area contributed by atoms with Crippen LogP contribution in [0.1, 0.15) is 101 Å². The molecule has 0 unspecified atom stereocenters. The molecule has 1 N–H and O–H groups in total. The molecule has 0 radical (unpaired) electrons. The molecule has 2 aromatic heterocycles. The summed E-state index contributed by atoms with van der Waals surface area (Å²) in [6.45, 7) is 17.9. The zero-order chi connectivity index (χ0) is 42.0. The van der Waals surface area contributed by atoms with E-state index in [9.17, 15) is 9.59 Å². The van der Waals surface area contributed by atoms with Crippen molar-refractivity contribution in [2.75, 3.05) is 26.4 Å². The number of aromatic nitrogens is 4. The van der Waals surface area contributed by atoms with Crippen molar-refractivity contribution in [1.82, 2.24) is 24.4 Å². The summed E-state index contributed by atoms with van der Waals surface area (Å²) in [5.41, 5.74) is 10.5. The molecule has 11 nitrogen and oxygen atoms in total. The van der Waals surface area contributed by atoms with E-state index < -0.39 is 13.7 Å². The van der Waals surface area contributed by atoms with Gasteiger partial charge in [0.25, 0.3) is 0 Å². The standard InChI is InChI=1S/C48H58N6O5Si/c1-8-47(17-18-47)25-39(50-29-55)43-49-26-40(51-43)33-12-15-35-34-14-11-31(22-36(34)48(27-58-28-48)37(35)23-33)32-13-16-41-38(24-32)52-44(54(41)30-57-20-21-60(5,6)7)42-10-9-19-53(42)45(56)59-46(2,3)4/h11-16,22-24,26,39,42H,8-10,17-21,25,27-28,30H2,1-7H3,(H,49,51)/t39-,42-/m0/s1. The van der Waals surface area contributed by atoms with Crippen LogP contribution in [0.5, 0.6) is 0 Å². The summed E-state index contributed by atoms with van der Waals surface area (Å²) in [6.07, 6.45) is 9.30. The van der Waals surface area contributed by atoms with E-state index in [-0.39, 0.29) is 29.0 Å². The molecular weight excluding hydrogens is 769 g/mol. The van der Waals surface area contributed by atoms with Crippen LogP contribution in [0.15, 0.2) is 65.8 Å². The summed E-state index contributed by atoms with van der Waals surface area (Å²) in [5.74, 6) is 1.56. The van der Waals surface area contributed by atoms with Gasteiger partial charge in [0.2, 0.25) is 6.08 Å². The maximum absolute atomic E-state index is 13.4. The van der Waals surface area contributed by atoms with Crippen molar-refractivity contribution in [2.45, 2.75) is 122 Å². The first-order chi connectivity index (χ1) is 28.7. The maximum Gasteiger partial charge on any atom is 0.410 e. The summed E-state index contributed by atoms with van der Waals surface area (Å²) in [7, 11) is -1.28. The average Bonchev–Trinajstić information content (AvgIpc) is 3.59. The van der Waals surface area contributed by atoms with Gasteiger partial charge in [-0.2, -0.15) is 4.99 Å². The van der Waals surface area contributed by atoms with Crippen molar-refractivity contribution in [1.29, 1.82) is 0 Å². The number of fused-ring (bicyclic) bond motifs is 6. The van der Waals surface area contributed by atoms with Crippen molar-refractivity contribution in [3.63, 3.8) is 0 Å². The molecule has 5 aromatic rings. The predicted octanol–water partition coefficient (Wildman–Crippen LogP) is 10.7. The molecule has 4 heterocycles. The Morgan fingerprint density at radius 3 is 2.38 bits per heavy atom. The van der Waals surface area contributed by atoms with Gasteiger partial charge in [0, 0.05) is 21.2 Å². The first-order valence-electron chi connectivity index (χ1n) is 21.8. The molecule has 2 aliphatic heterocycles. The smallest absolute Gasteiger partial charge is 0.410 e. The Labute approximate surface area is 354 Å². The predicted molar refractivity (Wildman–Crippen MR) is 236 cm³/mol. The second-order valence-electron chi connectivity index (χ2n) is 19.9. The van der Waals surface area contributed by atoms with Gasteiger partial charge in [0.1, 0.15) is 30.0 Å². The second-order valence-corrected chi connectivity index (χ2v) is 25.5. The summed E-state index contributed by atoms with van der Waals surface area (Å²) in [4.78, 5) is 44.4. The first kappa shape index (κ1) is 40.5. The van der Waals surface area contributed by atoms with E-state index in [1.165, 1.54) is 35.1 Å². The monoisotopic (exact) mass is 826 g/mol. The lowest BCUT2D eigenvalue weighted by Crippen LogP contribution is -2.46. The van der Waals surface area contributed by atoms with Gasteiger partial charge in [-0.15, -0.1) is 0 Å². The number of aliphatic imine (C=N–C) groups is 1. The van der Waals surface area contributed by atoms with Gasteiger partial charge in [0.05, 0.1) is 47.6 Å². The topological polar surface area (TPSA) is 124 Å². The number of ether oxygens (including phenoxy) is 3. The third-order valence-electron chi connectivity index (χ3n) is 13.3. The summed E-state index contributed by atoms with van der Waals surface area (Å²) >= 11 is 0. The van der Waals surface area contributed by atoms with Gasteiger partial charge in [-0.3, -0.25) is 4.90 Å². The highest BCUT2D eigenvalue weighted by Gasteiger charge is 2.49. The second kappa shape index (κ2) is 15.2. The molecule has 2 atom stereocenters. The molecule has 4 aliphatic rings. The molecule has 1 amide bonds. The number of H-pyrrole nitrogens is 1. The zero-order valence-electron chi connectivity index (χ0n) is 36.2. The minimum Gasteiger partial charge on any atom is -0.444 e. The van der Waals surface area contributed by atoms with Crippen LogP contribution in [-0.4, -0.2) is 76.6 Å². The number of nitrogens with zero attached hydrogens (tertiary/aromatic N) is 5.